The third-order valence-electron chi connectivity index (χ3n) is 3.99. The van der Waals surface area contributed by atoms with Crippen molar-refractivity contribution in [2.24, 2.45) is 0 Å². The van der Waals surface area contributed by atoms with Crippen LogP contribution in [0.25, 0.3) is 0 Å². The fraction of sp³-hybridized carbons (Fsp3) is 0.714. The number of amides is 1. The number of aliphatic hydroxyl groups excluding tert-OH is 1. The Balaban J connectivity index is 1.57. The highest BCUT2D eigenvalue weighted by atomic mass is 32.1. The van der Waals surface area contributed by atoms with Gasteiger partial charge in [0, 0.05) is 31.6 Å². The molecule has 2 aliphatic rings. The van der Waals surface area contributed by atoms with E-state index >= 15 is 0 Å². The van der Waals surface area contributed by atoms with Gasteiger partial charge in [-0.2, -0.15) is 0 Å². The number of ether oxygens (including phenoxy) is 1. The molecule has 116 valence electrons. The highest BCUT2D eigenvalue weighted by molar-refractivity contribution is 7.09. The van der Waals surface area contributed by atoms with Gasteiger partial charge in [-0.05, 0) is 12.8 Å². The van der Waals surface area contributed by atoms with Crippen molar-refractivity contribution in [3.05, 3.63) is 16.1 Å². The van der Waals surface area contributed by atoms with Crippen molar-refractivity contribution in [1.82, 2.24) is 14.8 Å². The first-order valence-electron chi connectivity index (χ1n) is 7.44. The molecule has 3 heterocycles. The number of thiazole rings is 1. The Morgan fingerprint density at radius 1 is 1.33 bits per heavy atom. The minimum Gasteiger partial charge on any atom is -0.393 e. The Labute approximate surface area is 128 Å². The van der Waals surface area contributed by atoms with Gasteiger partial charge >= 0.3 is 0 Å². The van der Waals surface area contributed by atoms with Gasteiger partial charge in [0.2, 0.25) is 0 Å². The van der Waals surface area contributed by atoms with E-state index in [1.165, 1.54) is 0 Å². The van der Waals surface area contributed by atoms with Crippen LogP contribution >= 0.6 is 11.3 Å². The second kappa shape index (κ2) is 6.83. The molecule has 1 aromatic heterocycles. The molecule has 1 aromatic rings. The molecule has 3 rings (SSSR count). The summed E-state index contributed by atoms with van der Waals surface area (Å²) in [6.07, 6.45) is 1.06. The average Bonchev–Trinajstić information content (AvgIpc) is 2.97. The molecular formula is C14H21N3O3S. The first kappa shape index (κ1) is 14.9. The van der Waals surface area contributed by atoms with Crippen LogP contribution in [0, 0.1) is 0 Å². The van der Waals surface area contributed by atoms with Crippen molar-refractivity contribution < 1.29 is 14.6 Å². The molecule has 1 amide bonds. The molecule has 0 unspecified atom stereocenters. The predicted octanol–water partition coefficient (Wildman–Crippen LogP) is 0.572. The van der Waals surface area contributed by atoms with Gasteiger partial charge < -0.3 is 14.7 Å². The molecule has 0 spiro atoms. The summed E-state index contributed by atoms with van der Waals surface area (Å²) in [5.41, 5.74) is 0.541. The molecule has 2 aliphatic heterocycles. The first-order valence-corrected chi connectivity index (χ1v) is 8.32. The quantitative estimate of drug-likeness (QED) is 0.884. The molecular weight excluding hydrogens is 290 g/mol. The maximum Gasteiger partial charge on any atom is 0.273 e. The number of rotatable bonds is 3. The summed E-state index contributed by atoms with van der Waals surface area (Å²) < 4.78 is 5.33. The van der Waals surface area contributed by atoms with E-state index in [1.54, 1.807) is 16.2 Å². The van der Waals surface area contributed by atoms with Crippen LogP contribution in [-0.4, -0.2) is 71.3 Å². The van der Waals surface area contributed by atoms with Crippen molar-refractivity contribution in [3.63, 3.8) is 0 Å². The summed E-state index contributed by atoms with van der Waals surface area (Å²) >= 11 is 1.55. The van der Waals surface area contributed by atoms with Gasteiger partial charge in [-0.15, -0.1) is 11.3 Å². The van der Waals surface area contributed by atoms with Crippen LogP contribution in [0.3, 0.4) is 0 Å². The molecule has 0 radical (unpaired) electrons. The molecule has 6 nitrogen and oxygen atoms in total. The number of aliphatic hydroxyl groups is 1. The van der Waals surface area contributed by atoms with Crippen LogP contribution in [0.2, 0.25) is 0 Å². The van der Waals surface area contributed by atoms with E-state index < -0.39 is 0 Å². The van der Waals surface area contributed by atoms with Crippen molar-refractivity contribution in [1.29, 1.82) is 0 Å². The molecule has 1 N–H and O–H groups in total. The Morgan fingerprint density at radius 3 is 2.76 bits per heavy atom. The summed E-state index contributed by atoms with van der Waals surface area (Å²) in [6, 6.07) is 0. The van der Waals surface area contributed by atoms with Gasteiger partial charge in [0.1, 0.15) is 10.7 Å². The van der Waals surface area contributed by atoms with E-state index in [1.807, 2.05) is 5.38 Å². The molecule has 21 heavy (non-hydrogen) atoms. The van der Waals surface area contributed by atoms with E-state index in [9.17, 15) is 9.90 Å². The van der Waals surface area contributed by atoms with E-state index in [-0.39, 0.29) is 12.0 Å². The number of carbonyl (C=O) groups is 1. The Hall–Kier alpha value is -1.02. The predicted molar refractivity (Wildman–Crippen MR) is 79.4 cm³/mol. The van der Waals surface area contributed by atoms with Crippen molar-refractivity contribution in [3.8, 4) is 0 Å². The third-order valence-corrected chi connectivity index (χ3v) is 4.82. The number of nitrogens with zero attached hydrogens (tertiary/aromatic N) is 3. The number of hydrogen-bond acceptors (Lipinski definition) is 6. The van der Waals surface area contributed by atoms with Crippen LogP contribution in [-0.2, 0) is 11.3 Å². The normalized spacial score (nSPS) is 21.7. The topological polar surface area (TPSA) is 65.9 Å². The number of likely N-dealkylation sites (tertiary alicyclic amines) is 1. The molecule has 0 atom stereocenters. The second-order valence-electron chi connectivity index (χ2n) is 5.54. The minimum atomic E-state index is -0.263. The minimum absolute atomic E-state index is 0.00798. The van der Waals surface area contributed by atoms with Crippen LogP contribution in [0.15, 0.2) is 5.38 Å². The fourth-order valence-electron chi connectivity index (χ4n) is 2.66. The monoisotopic (exact) mass is 311 g/mol. The lowest BCUT2D eigenvalue weighted by molar-refractivity contribution is 0.0340. The van der Waals surface area contributed by atoms with Crippen LogP contribution < -0.4 is 0 Å². The lowest BCUT2D eigenvalue weighted by atomic mass is 10.1. The van der Waals surface area contributed by atoms with Crippen molar-refractivity contribution in [2.45, 2.75) is 25.5 Å². The van der Waals surface area contributed by atoms with Crippen LogP contribution in [0.4, 0.5) is 0 Å². The van der Waals surface area contributed by atoms with E-state index in [0.717, 1.165) is 37.9 Å². The second-order valence-corrected chi connectivity index (χ2v) is 6.48. The smallest absolute Gasteiger partial charge is 0.273 e. The molecule has 7 heteroatoms. The first-order chi connectivity index (χ1) is 10.2. The van der Waals surface area contributed by atoms with Gasteiger partial charge in [-0.25, -0.2) is 4.98 Å². The number of piperidine rings is 1. The Morgan fingerprint density at radius 2 is 2.05 bits per heavy atom. The summed E-state index contributed by atoms with van der Waals surface area (Å²) in [6.45, 7) is 5.42. The van der Waals surface area contributed by atoms with Gasteiger partial charge in [-0.1, -0.05) is 0 Å². The van der Waals surface area contributed by atoms with E-state index in [2.05, 4.69) is 9.88 Å². The lowest BCUT2D eigenvalue weighted by Gasteiger charge is -2.29. The number of aromatic nitrogens is 1. The van der Waals surface area contributed by atoms with Crippen molar-refractivity contribution in [2.75, 3.05) is 39.4 Å². The standard InChI is InChI=1S/C14H21N3O3S/c18-11-1-3-17(4-2-11)14(19)12-10-21-13(15-12)9-16-5-7-20-8-6-16/h10-11,18H,1-9H2. The Bertz CT molecular complexity index is 480. The molecule has 0 bridgehead atoms. The average molecular weight is 311 g/mol. The third kappa shape index (κ3) is 3.79. The number of hydrogen-bond donors (Lipinski definition) is 1. The van der Waals surface area contributed by atoms with Gasteiger partial charge in [0.05, 0.1) is 25.9 Å². The highest BCUT2D eigenvalue weighted by Gasteiger charge is 2.24. The summed E-state index contributed by atoms with van der Waals surface area (Å²) in [7, 11) is 0. The van der Waals surface area contributed by atoms with Crippen LogP contribution in [0.1, 0.15) is 28.3 Å². The molecule has 0 aliphatic carbocycles. The fourth-order valence-corrected chi connectivity index (χ4v) is 3.47. The maximum atomic E-state index is 12.4. The zero-order valence-corrected chi connectivity index (χ0v) is 12.8. The molecule has 2 saturated heterocycles. The lowest BCUT2D eigenvalue weighted by Crippen LogP contribution is -2.40. The zero-order chi connectivity index (χ0) is 14.7. The number of carbonyl (C=O) groups excluding carboxylic acids is 1. The molecule has 0 aromatic carbocycles. The van der Waals surface area contributed by atoms with Gasteiger partial charge in [-0.3, -0.25) is 9.69 Å². The summed E-state index contributed by atoms with van der Waals surface area (Å²) in [5.74, 6) is -0.00798. The van der Waals surface area contributed by atoms with E-state index in [4.69, 9.17) is 4.74 Å². The Kier molecular flexibility index (Phi) is 4.84. The summed E-state index contributed by atoms with van der Waals surface area (Å²) in [5, 5.41) is 12.3. The zero-order valence-electron chi connectivity index (χ0n) is 12.0. The SMILES string of the molecule is O=C(c1csc(CN2CCOCC2)n1)N1CCC(O)CC1. The molecule has 2 fully saturated rings. The molecule has 0 saturated carbocycles. The van der Waals surface area contributed by atoms with Gasteiger partial charge in [0.25, 0.3) is 5.91 Å². The van der Waals surface area contributed by atoms with Crippen molar-refractivity contribution >= 4 is 17.2 Å². The largest absolute Gasteiger partial charge is 0.393 e. The summed E-state index contributed by atoms with van der Waals surface area (Å²) in [4.78, 5) is 20.9. The van der Waals surface area contributed by atoms with Crippen LogP contribution in [0.5, 0.6) is 0 Å². The maximum absolute atomic E-state index is 12.4. The highest BCUT2D eigenvalue weighted by Crippen LogP contribution is 2.17. The van der Waals surface area contributed by atoms with E-state index in [0.29, 0.717) is 31.6 Å². The number of morpholine rings is 1. The van der Waals surface area contributed by atoms with Gasteiger partial charge in [0.15, 0.2) is 0 Å².